The Kier molecular flexibility index (Phi) is 4.49. The molecule has 1 aromatic carbocycles. The smallest absolute Gasteiger partial charge is 0.0119 e. The van der Waals surface area contributed by atoms with E-state index in [-0.39, 0.29) is 0 Å². The molecule has 0 aromatic heterocycles. The number of benzene rings is 1. The lowest BCUT2D eigenvalue weighted by atomic mass is 9.80. The Morgan fingerprint density at radius 1 is 1.26 bits per heavy atom. The summed E-state index contributed by atoms with van der Waals surface area (Å²) in [7, 11) is 0. The van der Waals surface area contributed by atoms with Crippen LogP contribution in [0.15, 0.2) is 66.1 Å². The molecule has 1 aromatic rings. The summed E-state index contributed by atoms with van der Waals surface area (Å²) in [6.07, 6.45) is 13.0. The van der Waals surface area contributed by atoms with E-state index in [1.165, 1.54) is 16.7 Å². The largest absolute Gasteiger partial charge is 0.143 e. The first kappa shape index (κ1) is 14.0. The van der Waals surface area contributed by atoms with Gasteiger partial charge in [0.05, 0.1) is 0 Å². The van der Waals surface area contributed by atoms with Crippen LogP contribution >= 0.6 is 12.6 Å². The zero-order chi connectivity index (χ0) is 13.8. The molecule has 1 aliphatic carbocycles. The van der Waals surface area contributed by atoms with Crippen LogP contribution in [-0.4, -0.2) is 0 Å². The topological polar surface area (TPSA) is 0 Å². The highest BCUT2D eigenvalue weighted by atomic mass is 32.1. The number of allylic oxidation sites excluding steroid dienone is 7. The van der Waals surface area contributed by atoms with Crippen LogP contribution in [0, 0.1) is 18.8 Å². The van der Waals surface area contributed by atoms with Crippen molar-refractivity contribution in [3.63, 3.8) is 0 Å². The van der Waals surface area contributed by atoms with Crippen molar-refractivity contribution in [1.82, 2.24) is 0 Å². The molecule has 0 saturated carbocycles. The molecule has 0 heterocycles. The molecule has 0 spiro atoms. The van der Waals surface area contributed by atoms with Gasteiger partial charge in [0.15, 0.2) is 0 Å². The fourth-order valence-electron chi connectivity index (χ4n) is 2.43. The molecule has 0 amide bonds. The Labute approximate surface area is 121 Å². The quantitative estimate of drug-likeness (QED) is 0.563. The molecule has 0 bridgehead atoms. The third-order valence-corrected chi connectivity index (χ3v) is 4.06. The van der Waals surface area contributed by atoms with Crippen molar-refractivity contribution < 1.29 is 0 Å². The second-order valence-corrected chi connectivity index (χ2v) is 5.41. The van der Waals surface area contributed by atoms with Gasteiger partial charge in [0.2, 0.25) is 0 Å². The first-order valence-electron chi connectivity index (χ1n) is 6.60. The summed E-state index contributed by atoms with van der Waals surface area (Å²) >= 11 is 4.43. The van der Waals surface area contributed by atoms with Crippen molar-refractivity contribution in [2.24, 2.45) is 11.8 Å². The number of hydrogen-bond acceptors (Lipinski definition) is 1. The lowest BCUT2D eigenvalue weighted by molar-refractivity contribution is 0.684. The number of rotatable bonds is 3. The van der Waals surface area contributed by atoms with Gasteiger partial charge < -0.3 is 0 Å². The molecule has 98 valence electrons. The summed E-state index contributed by atoms with van der Waals surface area (Å²) in [5.74, 6) is 0.741. The third-order valence-electron chi connectivity index (χ3n) is 3.56. The van der Waals surface area contributed by atoms with Crippen LogP contribution in [0.1, 0.15) is 18.1 Å². The fraction of sp³-hybridized carbons (Fsp3) is 0.222. The highest BCUT2D eigenvalue weighted by Gasteiger charge is 2.20. The van der Waals surface area contributed by atoms with E-state index in [1.54, 1.807) is 0 Å². The first-order chi connectivity index (χ1) is 9.13. The molecule has 2 atom stereocenters. The maximum absolute atomic E-state index is 4.43. The van der Waals surface area contributed by atoms with E-state index in [2.05, 4.69) is 81.6 Å². The van der Waals surface area contributed by atoms with Gasteiger partial charge in [-0.2, -0.15) is 0 Å². The second kappa shape index (κ2) is 6.12. The van der Waals surface area contributed by atoms with Gasteiger partial charge in [0.1, 0.15) is 0 Å². The summed E-state index contributed by atoms with van der Waals surface area (Å²) in [5.41, 5.74) is 3.56. The van der Waals surface area contributed by atoms with Gasteiger partial charge in [0, 0.05) is 16.7 Å². The van der Waals surface area contributed by atoms with Gasteiger partial charge in [-0.15, -0.1) is 12.6 Å². The summed E-state index contributed by atoms with van der Waals surface area (Å²) in [6, 6.07) is 6.33. The average Bonchev–Trinajstić information content (AvgIpc) is 2.42. The SMILES string of the molecule is C=C(c1ccc(S)c(C)c1)C1C=CC=CC1/C=C\C. The molecule has 0 radical (unpaired) electrons. The van der Waals surface area contributed by atoms with E-state index in [4.69, 9.17) is 0 Å². The first-order valence-corrected chi connectivity index (χ1v) is 7.05. The van der Waals surface area contributed by atoms with Gasteiger partial charge >= 0.3 is 0 Å². The third kappa shape index (κ3) is 3.10. The monoisotopic (exact) mass is 268 g/mol. The minimum absolute atomic E-state index is 0.339. The molecule has 0 fully saturated rings. The van der Waals surface area contributed by atoms with Gasteiger partial charge in [-0.25, -0.2) is 0 Å². The van der Waals surface area contributed by atoms with Crippen LogP contribution < -0.4 is 0 Å². The van der Waals surface area contributed by atoms with Crippen molar-refractivity contribution in [2.45, 2.75) is 18.7 Å². The lowest BCUT2D eigenvalue weighted by Gasteiger charge is -2.24. The van der Waals surface area contributed by atoms with Crippen LogP contribution in [0.2, 0.25) is 0 Å². The van der Waals surface area contributed by atoms with Crippen LogP contribution in [0.25, 0.3) is 5.57 Å². The van der Waals surface area contributed by atoms with E-state index in [1.807, 2.05) is 6.07 Å². The number of aryl methyl sites for hydroxylation is 1. The van der Waals surface area contributed by atoms with Gasteiger partial charge in [0.25, 0.3) is 0 Å². The highest BCUT2D eigenvalue weighted by Crippen LogP contribution is 2.34. The predicted molar refractivity (Wildman–Crippen MR) is 87.5 cm³/mol. The zero-order valence-electron chi connectivity index (χ0n) is 11.5. The molecule has 2 unspecified atom stereocenters. The van der Waals surface area contributed by atoms with Crippen LogP contribution in [0.3, 0.4) is 0 Å². The average molecular weight is 268 g/mol. The summed E-state index contributed by atoms with van der Waals surface area (Å²) in [4.78, 5) is 1.03. The summed E-state index contributed by atoms with van der Waals surface area (Å²) in [6.45, 7) is 8.45. The van der Waals surface area contributed by atoms with Gasteiger partial charge in [-0.3, -0.25) is 0 Å². The van der Waals surface area contributed by atoms with Crippen molar-refractivity contribution in [2.75, 3.05) is 0 Å². The standard InChI is InChI=1S/C18H20S/c1-4-7-15-8-5-6-9-17(15)14(3)16-10-11-18(19)13(2)12-16/h4-12,15,17,19H,3H2,1-2H3/b7-4-. The minimum atomic E-state index is 0.339. The van der Waals surface area contributed by atoms with Gasteiger partial charge in [-0.05, 0) is 36.6 Å². The Hall–Kier alpha value is -1.47. The number of thiol groups is 1. The van der Waals surface area contributed by atoms with Crippen LogP contribution in [0.5, 0.6) is 0 Å². The summed E-state index contributed by atoms with van der Waals surface area (Å²) in [5, 5.41) is 0. The van der Waals surface area contributed by atoms with Crippen molar-refractivity contribution >= 4 is 18.2 Å². The Morgan fingerprint density at radius 2 is 2.00 bits per heavy atom. The van der Waals surface area contributed by atoms with Crippen molar-refractivity contribution in [1.29, 1.82) is 0 Å². The van der Waals surface area contributed by atoms with Crippen LogP contribution in [0.4, 0.5) is 0 Å². The second-order valence-electron chi connectivity index (χ2n) is 4.93. The summed E-state index contributed by atoms with van der Waals surface area (Å²) < 4.78 is 0. The zero-order valence-corrected chi connectivity index (χ0v) is 12.4. The maximum Gasteiger partial charge on any atom is 0.0119 e. The molecule has 1 aliphatic rings. The molecule has 0 aliphatic heterocycles. The molecule has 19 heavy (non-hydrogen) atoms. The fourth-order valence-corrected chi connectivity index (χ4v) is 2.57. The van der Waals surface area contributed by atoms with E-state index >= 15 is 0 Å². The maximum atomic E-state index is 4.43. The number of hydrogen-bond donors (Lipinski definition) is 1. The lowest BCUT2D eigenvalue weighted by Crippen LogP contribution is -2.12. The van der Waals surface area contributed by atoms with E-state index in [9.17, 15) is 0 Å². The molecular formula is C18H20S. The normalized spacial score (nSPS) is 22.1. The van der Waals surface area contributed by atoms with E-state index < -0.39 is 0 Å². The van der Waals surface area contributed by atoms with Gasteiger partial charge in [-0.1, -0.05) is 55.2 Å². The van der Waals surface area contributed by atoms with Crippen LogP contribution in [-0.2, 0) is 0 Å². The molecule has 0 N–H and O–H groups in total. The van der Waals surface area contributed by atoms with E-state index in [0.29, 0.717) is 11.8 Å². The Balaban J connectivity index is 2.29. The molecule has 0 saturated heterocycles. The predicted octanol–water partition coefficient (Wildman–Crippen LogP) is 5.23. The van der Waals surface area contributed by atoms with E-state index in [0.717, 1.165) is 4.90 Å². The Morgan fingerprint density at radius 3 is 2.68 bits per heavy atom. The molecule has 1 heteroatoms. The molecule has 2 rings (SSSR count). The molecule has 0 nitrogen and oxygen atoms in total. The minimum Gasteiger partial charge on any atom is -0.143 e. The highest BCUT2D eigenvalue weighted by molar-refractivity contribution is 7.80. The molecular weight excluding hydrogens is 248 g/mol. The van der Waals surface area contributed by atoms with Crippen molar-refractivity contribution in [3.05, 3.63) is 72.4 Å². The Bertz CT molecular complexity index is 561. The van der Waals surface area contributed by atoms with Crippen molar-refractivity contribution in [3.8, 4) is 0 Å².